The molecule has 0 spiro atoms. The van der Waals surface area contributed by atoms with Gasteiger partial charge >= 0.3 is 29.2 Å². The molecule has 0 radical (unpaired) electrons. The van der Waals surface area contributed by atoms with Crippen LogP contribution in [0.2, 0.25) is 0 Å². The number of phosphoric acid groups is 3. The van der Waals surface area contributed by atoms with Gasteiger partial charge in [0, 0.05) is 47.5 Å². The first-order valence-electron chi connectivity index (χ1n) is 13.3. The maximum absolute atomic E-state index is 13.0. The normalized spacial score (nSPS) is 22.3. The molecule has 1 amide bonds. The molecule has 1 saturated heterocycles. The number of aromatic amines is 1. The van der Waals surface area contributed by atoms with Crippen LogP contribution in [-0.2, 0) is 59.3 Å². The van der Waals surface area contributed by atoms with Crippen LogP contribution < -0.4 is 16.6 Å². The number of phosphoric ester groups is 2. The average Bonchev–Trinajstić information content (AvgIpc) is 3.29. The third kappa shape index (κ3) is 11.4. The molecule has 0 aromatic carbocycles. The Bertz CT molecular complexity index is 1540. The lowest BCUT2D eigenvalue weighted by molar-refractivity contribution is -0.121. The smallest absolute Gasteiger partial charge is 0.387 e. The Kier molecular flexibility index (Phi) is 15.3. The Labute approximate surface area is 262 Å². The van der Waals surface area contributed by atoms with Gasteiger partial charge < -0.3 is 25.1 Å². The van der Waals surface area contributed by atoms with Crippen molar-refractivity contribution in [2.75, 3.05) is 41.6 Å². The van der Waals surface area contributed by atoms with Gasteiger partial charge in [0.25, 0.3) is 5.56 Å². The number of carbonyl (C=O) groups is 2. The fraction of sp³-hybridized carbons (Fsp3) is 0.652. The first-order chi connectivity index (χ1) is 21.5. The van der Waals surface area contributed by atoms with Crippen LogP contribution in [0.5, 0.6) is 0 Å². The minimum absolute atomic E-state index is 0.0283. The van der Waals surface area contributed by atoms with E-state index in [4.69, 9.17) is 13.6 Å². The number of aliphatic hydroxyl groups excluding tert-OH is 2. The van der Waals surface area contributed by atoms with E-state index < -0.39 is 65.9 Å². The van der Waals surface area contributed by atoms with E-state index in [2.05, 4.69) is 39.6 Å². The van der Waals surface area contributed by atoms with Crippen molar-refractivity contribution in [2.24, 2.45) is 0 Å². The van der Waals surface area contributed by atoms with E-state index in [-0.39, 0.29) is 30.2 Å². The summed E-state index contributed by atoms with van der Waals surface area (Å²) in [6.07, 6.45) is -4.11. The maximum atomic E-state index is 13.0. The molecule has 20 nitrogen and oxygen atoms in total. The largest absolute Gasteiger partial charge is 0.492 e. The molecule has 1 fully saturated rings. The van der Waals surface area contributed by atoms with Gasteiger partial charge in [0.2, 0.25) is 5.91 Å². The summed E-state index contributed by atoms with van der Waals surface area (Å²) >= 11 is 0. The van der Waals surface area contributed by atoms with E-state index >= 15 is 0 Å². The van der Waals surface area contributed by atoms with Crippen molar-refractivity contribution in [3.63, 3.8) is 0 Å². The SMILES string of the molecule is COP(=O)(OC)OP(=O)(OC)OP(=O)(OC)OCC1OC(n2cc(C#CCNC(=O)CCCCC(C)=O)c(=O)[nH]c2=O)C(O)C1O. The molecule has 2 rings (SSSR count). The predicted molar refractivity (Wildman–Crippen MR) is 155 cm³/mol. The summed E-state index contributed by atoms with van der Waals surface area (Å²) in [7, 11) is -11.0. The fourth-order valence-electron chi connectivity index (χ4n) is 3.63. The van der Waals surface area contributed by atoms with Crippen molar-refractivity contribution in [1.29, 1.82) is 0 Å². The zero-order valence-electron chi connectivity index (χ0n) is 25.4. The van der Waals surface area contributed by atoms with Gasteiger partial charge in [-0.25, -0.2) is 18.5 Å². The van der Waals surface area contributed by atoms with Crippen LogP contribution in [0.15, 0.2) is 15.8 Å². The number of hydrogen-bond acceptors (Lipinski definition) is 17. The Morgan fingerprint density at radius 3 is 2.13 bits per heavy atom. The highest BCUT2D eigenvalue weighted by Crippen LogP contribution is 2.72. The zero-order chi connectivity index (χ0) is 34.7. The van der Waals surface area contributed by atoms with Crippen LogP contribution in [0.3, 0.4) is 0 Å². The van der Waals surface area contributed by atoms with Crippen LogP contribution >= 0.6 is 23.5 Å². The van der Waals surface area contributed by atoms with E-state index in [1.807, 2.05) is 4.98 Å². The fourth-order valence-corrected chi connectivity index (χ4v) is 8.09. The lowest BCUT2D eigenvalue weighted by Crippen LogP contribution is -2.38. The van der Waals surface area contributed by atoms with Gasteiger partial charge in [-0.3, -0.25) is 41.8 Å². The van der Waals surface area contributed by atoms with Crippen LogP contribution in [-0.4, -0.2) is 91.4 Å². The first-order valence-corrected chi connectivity index (χ1v) is 17.6. The van der Waals surface area contributed by atoms with Crippen LogP contribution in [0.1, 0.15) is 44.4 Å². The summed E-state index contributed by atoms with van der Waals surface area (Å²) in [5.41, 5.74) is -2.18. The van der Waals surface area contributed by atoms with Crippen molar-refractivity contribution in [3.8, 4) is 11.8 Å². The number of nitrogens with one attached hydrogen (secondary N) is 2. The van der Waals surface area contributed by atoms with Gasteiger partial charge in [-0.2, -0.15) is 8.62 Å². The van der Waals surface area contributed by atoms with Gasteiger partial charge in [0.05, 0.1) is 13.2 Å². The molecule has 0 aliphatic carbocycles. The van der Waals surface area contributed by atoms with Crippen molar-refractivity contribution < 1.29 is 69.5 Å². The lowest BCUT2D eigenvalue weighted by Gasteiger charge is -2.24. The number of carbonyl (C=O) groups excluding carboxylic acids is 2. The predicted octanol–water partition coefficient (Wildman–Crippen LogP) is 0.733. The van der Waals surface area contributed by atoms with E-state index in [1.165, 1.54) is 6.92 Å². The number of ether oxygens (including phenoxy) is 1. The van der Waals surface area contributed by atoms with Crippen molar-refractivity contribution in [3.05, 3.63) is 32.6 Å². The summed E-state index contributed by atoms with van der Waals surface area (Å²) in [4.78, 5) is 49.7. The number of Topliss-reactive ketones (excluding diaryl/α,β-unsaturated/α-hetero) is 1. The van der Waals surface area contributed by atoms with Gasteiger partial charge in [-0.15, -0.1) is 0 Å². The summed E-state index contributed by atoms with van der Waals surface area (Å²) in [6, 6.07) is 0. The zero-order valence-corrected chi connectivity index (χ0v) is 28.1. The lowest BCUT2D eigenvalue weighted by atomic mass is 10.1. The third-order valence-corrected chi connectivity index (χ3v) is 11.5. The van der Waals surface area contributed by atoms with Crippen LogP contribution in [0.4, 0.5) is 0 Å². The van der Waals surface area contributed by atoms with Gasteiger partial charge in [0.15, 0.2) is 6.23 Å². The highest BCUT2D eigenvalue weighted by Gasteiger charge is 2.48. The minimum Gasteiger partial charge on any atom is -0.387 e. The number of amides is 1. The molecule has 260 valence electrons. The summed E-state index contributed by atoms with van der Waals surface area (Å²) in [5, 5.41) is 23.7. The molecule has 0 bridgehead atoms. The van der Waals surface area contributed by atoms with Gasteiger partial charge in [0.1, 0.15) is 29.7 Å². The molecular formula is C23H36N3O17P3. The van der Waals surface area contributed by atoms with Crippen molar-refractivity contribution in [2.45, 2.75) is 57.1 Å². The Hall–Kier alpha value is -2.33. The Morgan fingerprint density at radius 2 is 1.54 bits per heavy atom. The molecule has 4 N–H and O–H groups in total. The second kappa shape index (κ2) is 17.7. The summed E-state index contributed by atoms with van der Waals surface area (Å²) in [5.74, 6) is 4.76. The van der Waals surface area contributed by atoms with Crippen LogP contribution in [0, 0.1) is 11.8 Å². The number of nitrogens with zero attached hydrogens (tertiary/aromatic N) is 1. The van der Waals surface area contributed by atoms with E-state index in [1.54, 1.807) is 0 Å². The molecule has 1 aliphatic heterocycles. The average molecular weight is 719 g/mol. The molecule has 0 saturated carbocycles. The molecule has 6 unspecified atom stereocenters. The molecule has 46 heavy (non-hydrogen) atoms. The number of aliphatic hydroxyl groups is 2. The molecule has 1 aliphatic rings. The number of aromatic nitrogens is 2. The molecule has 2 heterocycles. The minimum atomic E-state index is -4.99. The highest BCUT2D eigenvalue weighted by molar-refractivity contribution is 7.67. The summed E-state index contributed by atoms with van der Waals surface area (Å²) in [6.45, 7) is 0.459. The maximum Gasteiger partial charge on any atom is 0.492 e. The standard InChI is InChI=1S/C23H36N3O17P3/c1-15(27)9-6-7-11-18(28)24-12-8-10-16-13-26(23(32)25-21(16)31)22-20(30)19(29)17(41-22)14-40-45(34,38-4)43-46(35,39-5)42-44(33,36-2)37-3/h13,17,19-20,22,29-30H,6-7,9,11-12,14H2,1-5H3,(H,24,28)(H,25,31,32). The molecular weight excluding hydrogens is 683 g/mol. The Morgan fingerprint density at radius 1 is 0.957 bits per heavy atom. The van der Waals surface area contributed by atoms with Gasteiger partial charge in [-0.1, -0.05) is 11.8 Å². The quantitative estimate of drug-likeness (QED) is 0.0925. The second-order valence-electron chi connectivity index (χ2n) is 9.27. The van der Waals surface area contributed by atoms with E-state index in [9.17, 15) is 43.1 Å². The molecule has 23 heteroatoms. The van der Waals surface area contributed by atoms with E-state index in [0.717, 1.165) is 39.2 Å². The second-order valence-corrected chi connectivity index (χ2v) is 15.0. The van der Waals surface area contributed by atoms with Crippen LogP contribution in [0.25, 0.3) is 0 Å². The van der Waals surface area contributed by atoms with Crippen molar-refractivity contribution in [1.82, 2.24) is 14.9 Å². The highest BCUT2D eigenvalue weighted by atomic mass is 31.3. The number of rotatable bonds is 18. The third-order valence-electron chi connectivity index (χ3n) is 6.05. The molecule has 1 aromatic rings. The van der Waals surface area contributed by atoms with E-state index in [0.29, 0.717) is 19.3 Å². The number of H-pyrrole nitrogens is 1. The number of ketones is 1. The Balaban J connectivity index is 2.12. The number of unbranched alkanes of at least 4 members (excludes halogenated alkanes) is 1. The van der Waals surface area contributed by atoms with Gasteiger partial charge in [-0.05, 0) is 19.8 Å². The monoisotopic (exact) mass is 719 g/mol. The number of hydrogen-bond donors (Lipinski definition) is 4. The molecule has 6 atom stereocenters. The molecule has 1 aromatic heterocycles. The summed E-state index contributed by atoms with van der Waals surface area (Å²) < 4.78 is 76.8. The first kappa shape index (κ1) is 39.8. The van der Waals surface area contributed by atoms with Crippen molar-refractivity contribution >= 4 is 35.2 Å². The topological polar surface area (TPSA) is 267 Å².